The van der Waals surface area contributed by atoms with Crippen molar-refractivity contribution in [3.05, 3.63) is 201 Å². The molecule has 12 nitrogen and oxygen atoms in total. The molecule has 10 heterocycles. The summed E-state index contributed by atoms with van der Waals surface area (Å²) < 4.78 is 24.9. The molecule has 482 valence electrons. The quantitative estimate of drug-likeness (QED) is 0.112. The Labute approximate surface area is 561 Å². The molecule has 0 saturated carbocycles. The van der Waals surface area contributed by atoms with Crippen LogP contribution in [0.4, 0.5) is 0 Å². The summed E-state index contributed by atoms with van der Waals surface area (Å²) in [5.74, 6) is 2.51. The van der Waals surface area contributed by atoms with Gasteiger partial charge >= 0.3 is 0 Å². The van der Waals surface area contributed by atoms with E-state index in [1.807, 2.05) is 36.4 Å². The molecule has 0 unspecified atom stereocenters. The van der Waals surface area contributed by atoms with Gasteiger partial charge in [0.25, 0.3) is 0 Å². The number of methoxy groups -OCH3 is 4. The van der Waals surface area contributed by atoms with Crippen LogP contribution in [0.15, 0.2) is 133 Å². The van der Waals surface area contributed by atoms with Crippen molar-refractivity contribution in [2.45, 2.75) is 105 Å². The van der Waals surface area contributed by atoms with E-state index in [9.17, 15) is 0 Å². The Kier molecular flexibility index (Phi) is 15.4. The van der Waals surface area contributed by atoms with Crippen LogP contribution in [0.1, 0.15) is 151 Å². The molecule has 4 aliphatic heterocycles. The summed E-state index contributed by atoms with van der Waals surface area (Å²) in [6, 6.07) is 47.2. The number of aromatic amines is 4. The molecule has 0 atom stereocenters. The lowest BCUT2D eigenvalue weighted by molar-refractivity contribution is 0.397. The first-order valence-corrected chi connectivity index (χ1v) is 32.9. The fourth-order valence-corrected chi connectivity index (χ4v) is 13.4. The maximum absolute atomic E-state index is 6.22. The Morgan fingerprint density at radius 2 is 0.521 bits per heavy atom. The fourth-order valence-electron chi connectivity index (χ4n) is 13.4. The first kappa shape index (κ1) is 62.7. The minimum absolute atomic E-state index is 0.162. The summed E-state index contributed by atoms with van der Waals surface area (Å²) in [7, 11) is 6.75. The van der Waals surface area contributed by atoms with Crippen LogP contribution in [0.2, 0.25) is 0 Å². The van der Waals surface area contributed by atoms with Crippen molar-refractivity contribution >= 4 is 92.7 Å². The molecule has 14 rings (SSSR count). The number of fused-ring (bicyclic) bond motifs is 16. The second-order valence-electron chi connectivity index (χ2n) is 29.4. The third kappa shape index (κ3) is 11.5. The Morgan fingerprint density at radius 3 is 0.854 bits per heavy atom. The monoisotopic (exact) mass is 1270 g/mol. The van der Waals surface area contributed by atoms with Gasteiger partial charge in [-0.05, 0) is 189 Å². The second-order valence-corrected chi connectivity index (χ2v) is 29.4. The minimum atomic E-state index is -0.162. The first-order valence-electron chi connectivity index (χ1n) is 32.9. The number of hydrogen-bond donors (Lipinski definition) is 4. The third-order valence-corrected chi connectivity index (χ3v) is 18.7. The Hall–Kier alpha value is -10.7. The van der Waals surface area contributed by atoms with Gasteiger partial charge in [0.1, 0.15) is 23.0 Å². The summed E-state index contributed by atoms with van der Waals surface area (Å²) >= 11 is 0. The Morgan fingerprint density at radius 1 is 0.260 bits per heavy atom. The van der Waals surface area contributed by atoms with Crippen LogP contribution in [0.5, 0.6) is 23.0 Å². The summed E-state index contributed by atoms with van der Waals surface area (Å²) in [6.45, 7) is 27.4. The molecule has 0 spiro atoms. The van der Waals surface area contributed by atoms with E-state index in [0.29, 0.717) is 40.1 Å². The molecule has 6 aromatic heterocycles. The lowest BCUT2D eigenvalue weighted by Gasteiger charge is -2.26. The van der Waals surface area contributed by atoms with E-state index >= 15 is 0 Å². The highest BCUT2D eigenvalue weighted by molar-refractivity contribution is 6.06. The van der Waals surface area contributed by atoms with Gasteiger partial charge in [-0.3, -0.25) is 0 Å². The molecule has 0 fully saturated rings. The molecule has 16 bridgehead atoms. The fraction of sp³-hybridized carbons (Fsp3) is 0.238. The van der Waals surface area contributed by atoms with Crippen LogP contribution >= 0.6 is 0 Å². The normalized spacial score (nSPS) is 13.0. The average molecular weight is 1270 g/mol. The van der Waals surface area contributed by atoms with Gasteiger partial charge in [-0.1, -0.05) is 132 Å². The maximum Gasteiger partial charge on any atom is 0.130 e. The Balaban J connectivity index is 1.21. The highest BCUT2D eigenvalue weighted by Crippen LogP contribution is 2.48. The Bertz CT molecular complexity index is 5100. The van der Waals surface area contributed by atoms with E-state index in [4.69, 9.17) is 38.9 Å². The molecular weight excluding hydrogens is 1180 g/mol. The van der Waals surface area contributed by atoms with Gasteiger partial charge in [0.2, 0.25) is 0 Å². The molecule has 4 aromatic carbocycles. The van der Waals surface area contributed by atoms with E-state index in [1.165, 1.54) is 22.3 Å². The minimum Gasteiger partial charge on any atom is -0.496 e. The molecule has 4 N–H and O–H groups in total. The molecule has 12 heteroatoms. The molecule has 10 aromatic rings. The van der Waals surface area contributed by atoms with Crippen molar-refractivity contribution in [2.24, 2.45) is 0 Å². The number of aromatic nitrogens is 8. The first-order chi connectivity index (χ1) is 45.8. The van der Waals surface area contributed by atoms with Crippen LogP contribution < -0.4 is 18.9 Å². The summed E-state index contributed by atoms with van der Waals surface area (Å²) in [6.07, 6.45) is 16.9. The van der Waals surface area contributed by atoms with Crippen molar-refractivity contribution in [3.8, 4) is 78.6 Å². The zero-order valence-corrected chi connectivity index (χ0v) is 57.7. The van der Waals surface area contributed by atoms with E-state index in [0.717, 1.165) is 128 Å². The number of nitrogens with zero attached hydrogens (tertiary/aromatic N) is 4. The summed E-state index contributed by atoms with van der Waals surface area (Å²) in [4.78, 5) is 38.5. The van der Waals surface area contributed by atoms with Crippen molar-refractivity contribution in [1.82, 2.24) is 39.9 Å². The van der Waals surface area contributed by atoms with Gasteiger partial charge in [-0.15, -0.1) is 0 Å². The lowest BCUT2D eigenvalue weighted by Crippen LogP contribution is -2.16. The standard InChI is InChI=1S/C84H82N8O4/c1-81(2,3)49-39-47(40-50(43-49)82(4,5)6)73-57-27-23-53(85-57)45-55-25-29-61(87-55)77(79-69(93-13)19-17-20-70(79)94-14)67-37-35-65(91-67)75(63-33-31-59(73)89-63)76-64-34-32-60(90-64)74(48-41-51(83(7,8)9)44-52(42-48)84(10,11)12)58-28-24-54(86-58)46-56-26-30-62(88-56)78(68-38-36-66(76)92-68)80-71(95-15)21-18-22-72(80)96-16/h17-46,85,88,90-91H,1-16H3. The largest absolute Gasteiger partial charge is 0.496 e. The SMILES string of the molecule is COc1cccc(OC)c1-c1c2nc(c(-c3c4nc(c(-c5cc(C(C)(C)C)cc(C(C)(C)C)c5)c5ccc(cc6nc(c(-c7c(OC)cccc7OC)c7ccc3[nH]7)C=C6)[nH]5)C=C4)c3ccc([nH]3)c(-c3cc(C(C)(C)C)cc(C(C)(C)C)c3)c3nc(cc4ccc1[nH]4)C=C3)C=C2. The molecule has 0 amide bonds. The maximum atomic E-state index is 6.22. The van der Waals surface area contributed by atoms with Gasteiger partial charge in [0.05, 0.1) is 85.1 Å². The number of hydrogen-bond acceptors (Lipinski definition) is 8. The molecule has 0 aliphatic carbocycles. The van der Waals surface area contributed by atoms with E-state index < -0.39 is 0 Å². The van der Waals surface area contributed by atoms with Crippen LogP contribution in [0, 0.1) is 0 Å². The van der Waals surface area contributed by atoms with Crippen molar-refractivity contribution < 1.29 is 18.9 Å². The van der Waals surface area contributed by atoms with E-state index in [-0.39, 0.29) is 21.7 Å². The topological polar surface area (TPSA) is 152 Å². The van der Waals surface area contributed by atoms with Crippen LogP contribution in [-0.2, 0) is 21.7 Å². The molecular formula is C84H82N8O4. The van der Waals surface area contributed by atoms with E-state index in [1.54, 1.807) is 28.4 Å². The van der Waals surface area contributed by atoms with Crippen LogP contribution in [0.3, 0.4) is 0 Å². The predicted molar refractivity (Wildman–Crippen MR) is 399 cm³/mol. The molecule has 96 heavy (non-hydrogen) atoms. The van der Waals surface area contributed by atoms with Gasteiger partial charge < -0.3 is 38.9 Å². The molecule has 0 radical (unpaired) electrons. The number of rotatable bonds is 9. The van der Waals surface area contributed by atoms with Crippen LogP contribution in [-0.4, -0.2) is 68.3 Å². The zero-order valence-electron chi connectivity index (χ0n) is 57.7. The smallest absolute Gasteiger partial charge is 0.130 e. The van der Waals surface area contributed by atoms with Gasteiger partial charge in [-0.2, -0.15) is 0 Å². The third-order valence-electron chi connectivity index (χ3n) is 18.7. The second kappa shape index (κ2) is 23.6. The number of benzene rings is 4. The molecule has 0 saturated heterocycles. The van der Waals surface area contributed by atoms with Crippen LogP contribution in [0.25, 0.3) is 148 Å². The predicted octanol–water partition coefficient (Wildman–Crippen LogP) is 21.2. The average Bonchev–Trinajstić information content (AvgIpc) is 1.56. The lowest BCUT2D eigenvalue weighted by atomic mass is 9.78. The summed E-state index contributed by atoms with van der Waals surface area (Å²) in [5.41, 5.74) is 25.6. The summed E-state index contributed by atoms with van der Waals surface area (Å²) in [5, 5.41) is 0. The van der Waals surface area contributed by atoms with Crippen molar-refractivity contribution in [3.63, 3.8) is 0 Å². The van der Waals surface area contributed by atoms with Gasteiger partial charge in [0, 0.05) is 77.5 Å². The molecule has 4 aliphatic rings. The van der Waals surface area contributed by atoms with Gasteiger partial charge in [-0.25, -0.2) is 19.9 Å². The number of ether oxygens (including phenoxy) is 4. The number of nitrogens with one attached hydrogen (secondary N) is 4. The highest BCUT2D eigenvalue weighted by atomic mass is 16.5. The van der Waals surface area contributed by atoms with E-state index in [2.05, 4.69) is 249 Å². The number of H-pyrrole nitrogens is 4. The van der Waals surface area contributed by atoms with Crippen molar-refractivity contribution in [2.75, 3.05) is 28.4 Å². The van der Waals surface area contributed by atoms with Crippen molar-refractivity contribution in [1.29, 1.82) is 0 Å². The van der Waals surface area contributed by atoms with Gasteiger partial charge in [0.15, 0.2) is 0 Å². The highest BCUT2D eigenvalue weighted by Gasteiger charge is 2.29. The zero-order chi connectivity index (χ0) is 67.3.